The van der Waals surface area contributed by atoms with Crippen LogP contribution >= 0.6 is 0 Å². The van der Waals surface area contributed by atoms with E-state index in [0.717, 1.165) is 5.56 Å². The lowest BCUT2D eigenvalue weighted by molar-refractivity contribution is 0.0684. The zero-order valence-electron chi connectivity index (χ0n) is 12.7. The van der Waals surface area contributed by atoms with E-state index in [2.05, 4.69) is 0 Å². The lowest BCUT2D eigenvalue weighted by atomic mass is 9.77. The number of carboxylic acid groups (broad SMARTS) is 1. The number of hydrogen-bond donors (Lipinski definition) is 1. The van der Waals surface area contributed by atoms with Gasteiger partial charge < -0.3 is 5.11 Å². The molecule has 0 atom stereocenters. The SMILES string of the molecule is CC(C)(C)c1c(-c2ccccc2)ccc(C(=O)O)c1C(F)F. The van der Waals surface area contributed by atoms with Gasteiger partial charge in [-0.25, -0.2) is 13.6 Å². The Hall–Kier alpha value is -2.23. The molecule has 0 unspecified atom stereocenters. The summed E-state index contributed by atoms with van der Waals surface area (Å²) in [6.07, 6.45) is -2.84. The number of rotatable bonds is 3. The van der Waals surface area contributed by atoms with Crippen molar-refractivity contribution in [2.45, 2.75) is 32.6 Å². The maximum absolute atomic E-state index is 13.6. The molecule has 0 aromatic heterocycles. The molecule has 2 aromatic carbocycles. The van der Waals surface area contributed by atoms with Crippen molar-refractivity contribution in [3.05, 3.63) is 59.2 Å². The first-order valence-electron chi connectivity index (χ1n) is 6.97. The van der Waals surface area contributed by atoms with Gasteiger partial charge >= 0.3 is 5.97 Å². The first-order chi connectivity index (χ1) is 10.2. The van der Waals surface area contributed by atoms with E-state index in [1.807, 2.05) is 51.1 Å². The van der Waals surface area contributed by atoms with Crippen molar-refractivity contribution in [2.75, 3.05) is 0 Å². The fraction of sp³-hybridized carbons (Fsp3) is 0.278. The Bertz CT molecular complexity index is 686. The van der Waals surface area contributed by atoms with Crippen LogP contribution in [0.15, 0.2) is 42.5 Å². The van der Waals surface area contributed by atoms with Gasteiger partial charge in [-0.1, -0.05) is 57.2 Å². The molecule has 0 saturated heterocycles. The van der Waals surface area contributed by atoms with Crippen LogP contribution in [0.1, 0.15) is 48.7 Å². The lowest BCUT2D eigenvalue weighted by Crippen LogP contribution is -2.19. The van der Waals surface area contributed by atoms with Crippen LogP contribution in [0, 0.1) is 0 Å². The molecule has 116 valence electrons. The molecule has 0 aliphatic heterocycles. The van der Waals surface area contributed by atoms with Crippen molar-refractivity contribution < 1.29 is 18.7 Å². The molecule has 0 heterocycles. The number of halogens is 2. The molecule has 2 rings (SSSR count). The molecular formula is C18H18F2O2. The van der Waals surface area contributed by atoms with Crippen molar-refractivity contribution >= 4 is 5.97 Å². The van der Waals surface area contributed by atoms with E-state index in [-0.39, 0.29) is 11.1 Å². The lowest BCUT2D eigenvalue weighted by Gasteiger charge is -2.27. The van der Waals surface area contributed by atoms with Crippen molar-refractivity contribution in [1.29, 1.82) is 0 Å². The summed E-state index contributed by atoms with van der Waals surface area (Å²) in [6, 6.07) is 12.1. The highest BCUT2D eigenvalue weighted by atomic mass is 19.3. The average molecular weight is 304 g/mol. The zero-order valence-corrected chi connectivity index (χ0v) is 12.7. The van der Waals surface area contributed by atoms with Crippen LogP contribution in [0.25, 0.3) is 11.1 Å². The molecule has 0 amide bonds. The van der Waals surface area contributed by atoms with Gasteiger partial charge in [0.05, 0.1) is 5.56 Å². The third-order valence-corrected chi connectivity index (χ3v) is 3.53. The van der Waals surface area contributed by atoms with E-state index >= 15 is 0 Å². The summed E-state index contributed by atoms with van der Waals surface area (Å²) < 4.78 is 27.2. The zero-order chi connectivity index (χ0) is 16.5. The molecule has 0 aliphatic carbocycles. The largest absolute Gasteiger partial charge is 0.478 e. The maximum atomic E-state index is 13.6. The summed E-state index contributed by atoms with van der Waals surface area (Å²) in [5.41, 5.74) is 0.497. The quantitative estimate of drug-likeness (QED) is 0.837. The van der Waals surface area contributed by atoms with Gasteiger partial charge in [-0.2, -0.15) is 0 Å². The molecule has 2 nitrogen and oxygen atoms in total. The van der Waals surface area contributed by atoms with Crippen molar-refractivity contribution in [3.8, 4) is 11.1 Å². The van der Waals surface area contributed by atoms with Gasteiger partial charge in [0, 0.05) is 5.56 Å². The predicted molar refractivity (Wildman–Crippen MR) is 82.5 cm³/mol. The number of carboxylic acids is 1. The van der Waals surface area contributed by atoms with Gasteiger partial charge in [-0.05, 0) is 28.2 Å². The van der Waals surface area contributed by atoms with Crippen LogP contribution in [0.3, 0.4) is 0 Å². The minimum Gasteiger partial charge on any atom is -0.478 e. The summed E-state index contributed by atoms with van der Waals surface area (Å²) >= 11 is 0. The van der Waals surface area contributed by atoms with Crippen LogP contribution in [-0.4, -0.2) is 11.1 Å². The summed E-state index contributed by atoms with van der Waals surface area (Å²) in [5.74, 6) is -1.33. The number of benzene rings is 2. The average Bonchev–Trinajstić information content (AvgIpc) is 2.45. The first kappa shape index (κ1) is 16.1. The van der Waals surface area contributed by atoms with Crippen molar-refractivity contribution in [2.24, 2.45) is 0 Å². The Morgan fingerprint density at radius 3 is 2.09 bits per heavy atom. The van der Waals surface area contributed by atoms with Gasteiger partial charge in [0.15, 0.2) is 0 Å². The second-order valence-electron chi connectivity index (χ2n) is 6.17. The fourth-order valence-electron chi connectivity index (χ4n) is 2.70. The van der Waals surface area contributed by atoms with E-state index in [0.29, 0.717) is 11.1 Å². The Labute approximate surface area is 128 Å². The van der Waals surface area contributed by atoms with Gasteiger partial charge in [0.1, 0.15) is 0 Å². The standard InChI is InChI=1S/C18H18F2O2/c1-18(2,3)15-12(11-7-5-4-6-8-11)9-10-13(17(21)22)14(15)16(19)20/h4-10,16H,1-3H3,(H,21,22). The van der Waals surface area contributed by atoms with E-state index in [1.165, 1.54) is 6.07 Å². The van der Waals surface area contributed by atoms with Crippen LogP contribution in [0.4, 0.5) is 8.78 Å². The molecule has 22 heavy (non-hydrogen) atoms. The number of alkyl halides is 2. The molecular weight excluding hydrogens is 286 g/mol. The second kappa shape index (κ2) is 5.87. The number of hydrogen-bond acceptors (Lipinski definition) is 1. The molecule has 1 N–H and O–H groups in total. The van der Waals surface area contributed by atoms with E-state index in [9.17, 15) is 18.7 Å². The van der Waals surface area contributed by atoms with E-state index in [1.54, 1.807) is 6.07 Å². The minimum absolute atomic E-state index is 0.334. The van der Waals surface area contributed by atoms with E-state index in [4.69, 9.17) is 0 Å². The number of carbonyl (C=O) groups is 1. The maximum Gasteiger partial charge on any atom is 0.336 e. The third-order valence-electron chi connectivity index (χ3n) is 3.53. The molecule has 2 aromatic rings. The van der Waals surface area contributed by atoms with Gasteiger partial charge in [-0.3, -0.25) is 0 Å². The topological polar surface area (TPSA) is 37.3 Å². The molecule has 0 aliphatic rings. The van der Waals surface area contributed by atoms with Crippen LogP contribution in [-0.2, 0) is 5.41 Å². The Balaban J connectivity index is 2.87. The molecule has 0 bridgehead atoms. The van der Waals surface area contributed by atoms with E-state index < -0.39 is 17.8 Å². The molecule has 0 fully saturated rings. The second-order valence-corrected chi connectivity index (χ2v) is 6.17. The summed E-state index contributed by atoms with van der Waals surface area (Å²) in [4.78, 5) is 11.3. The van der Waals surface area contributed by atoms with Gasteiger partial charge in [-0.15, -0.1) is 0 Å². The minimum atomic E-state index is -2.84. The van der Waals surface area contributed by atoms with Crippen LogP contribution in [0.5, 0.6) is 0 Å². The summed E-state index contributed by atoms with van der Waals surface area (Å²) in [7, 11) is 0. The molecule has 0 saturated carbocycles. The van der Waals surface area contributed by atoms with Gasteiger partial charge in [0.25, 0.3) is 6.43 Å². The monoisotopic (exact) mass is 304 g/mol. The van der Waals surface area contributed by atoms with Gasteiger partial charge in [0.2, 0.25) is 0 Å². The Morgan fingerprint density at radius 1 is 1.05 bits per heavy atom. The Morgan fingerprint density at radius 2 is 1.64 bits per heavy atom. The summed E-state index contributed by atoms with van der Waals surface area (Å²) in [6.45, 7) is 5.44. The fourth-order valence-corrected chi connectivity index (χ4v) is 2.70. The number of aromatic carboxylic acids is 1. The van der Waals surface area contributed by atoms with Crippen molar-refractivity contribution in [1.82, 2.24) is 0 Å². The highest BCUT2D eigenvalue weighted by Crippen LogP contribution is 2.41. The normalized spacial score (nSPS) is 11.7. The Kier molecular flexibility index (Phi) is 4.31. The molecule has 0 radical (unpaired) electrons. The smallest absolute Gasteiger partial charge is 0.336 e. The highest BCUT2D eigenvalue weighted by Gasteiger charge is 2.30. The predicted octanol–water partition coefficient (Wildman–Crippen LogP) is 5.29. The first-order valence-corrected chi connectivity index (χ1v) is 6.97. The molecule has 4 heteroatoms. The highest BCUT2D eigenvalue weighted by molar-refractivity contribution is 5.91. The van der Waals surface area contributed by atoms with Crippen LogP contribution < -0.4 is 0 Å². The van der Waals surface area contributed by atoms with Crippen molar-refractivity contribution in [3.63, 3.8) is 0 Å². The summed E-state index contributed by atoms with van der Waals surface area (Å²) in [5, 5.41) is 9.23. The van der Waals surface area contributed by atoms with Crippen LogP contribution in [0.2, 0.25) is 0 Å². The molecule has 0 spiro atoms. The third kappa shape index (κ3) is 3.01.